The SMILES string of the molecule is C=C(C)C.C=C1C2=CC=CCC2=C2C=CC=CC12. The van der Waals surface area contributed by atoms with E-state index in [9.17, 15) is 0 Å². The number of allylic oxidation sites excluding steroid dienone is 12. The third-order valence-corrected chi connectivity index (χ3v) is 3.14. The Kier molecular flexibility index (Phi) is 3.66. The zero-order valence-corrected chi connectivity index (χ0v) is 11.2. The normalized spacial score (nSPS) is 23.1. The molecule has 0 aromatic heterocycles. The van der Waals surface area contributed by atoms with Crippen LogP contribution in [-0.4, -0.2) is 0 Å². The summed E-state index contributed by atoms with van der Waals surface area (Å²) in [6.45, 7) is 11.7. The monoisotopic (exact) mass is 236 g/mol. The molecule has 0 saturated carbocycles. The van der Waals surface area contributed by atoms with Crippen molar-refractivity contribution in [3.05, 3.63) is 83.6 Å². The molecule has 3 aliphatic carbocycles. The number of hydrogen-bond acceptors (Lipinski definition) is 0. The van der Waals surface area contributed by atoms with Gasteiger partial charge in [-0.25, -0.2) is 0 Å². The van der Waals surface area contributed by atoms with Crippen molar-refractivity contribution in [2.75, 3.05) is 0 Å². The maximum absolute atomic E-state index is 4.19. The minimum absolute atomic E-state index is 0.446. The molecule has 0 amide bonds. The van der Waals surface area contributed by atoms with E-state index in [0.717, 1.165) is 6.42 Å². The summed E-state index contributed by atoms with van der Waals surface area (Å²) < 4.78 is 0. The zero-order chi connectivity index (χ0) is 13.1. The molecular formula is C18H20. The lowest BCUT2D eigenvalue weighted by Gasteiger charge is -2.11. The second-order valence-corrected chi connectivity index (χ2v) is 5.10. The highest BCUT2D eigenvalue weighted by Gasteiger charge is 2.30. The fourth-order valence-corrected chi connectivity index (χ4v) is 2.44. The van der Waals surface area contributed by atoms with Gasteiger partial charge in [-0.05, 0) is 42.6 Å². The fourth-order valence-electron chi connectivity index (χ4n) is 2.44. The lowest BCUT2D eigenvalue weighted by molar-refractivity contribution is 0.972. The molecule has 0 nitrogen and oxygen atoms in total. The van der Waals surface area contributed by atoms with Gasteiger partial charge in [-0.3, -0.25) is 0 Å². The van der Waals surface area contributed by atoms with E-state index in [1.807, 2.05) is 13.8 Å². The summed E-state index contributed by atoms with van der Waals surface area (Å²) in [7, 11) is 0. The molecule has 0 aliphatic heterocycles. The van der Waals surface area contributed by atoms with Gasteiger partial charge < -0.3 is 0 Å². The molecule has 1 unspecified atom stereocenters. The summed E-state index contributed by atoms with van der Waals surface area (Å²) in [4.78, 5) is 0. The Balaban J connectivity index is 0.000000267. The van der Waals surface area contributed by atoms with Gasteiger partial charge in [0.2, 0.25) is 0 Å². The van der Waals surface area contributed by atoms with Crippen molar-refractivity contribution in [3.8, 4) is 0 Å². The molecule has 0 saturated heterocycles. The predicted octanol–water partition coefficient (Wildman–Crippen LogP) is 5.06. The lowest BCUT2D eigenvalue weighted by Crippen LogP contribution is -1.98. The molecule has 0 heterocycles. The minimum atomic E-state index is 0.446. The maximum Gasteiger partial charge on any atom is 0.0275 e. The molecule has 3 rings (SSSR count). The van der Waals surface area contributed by atoms with Crippen LogP contribution in [0.1, 0.15) is 20.3 Å². The summed E-state index contributed by atoms with van der Waals surface area (Å²) >= 11 is 0. The average molecular weight is 236 g/mol. The Morgan fingerprint density at radius 1 is 1.22 bits per heavy atom. The summed E-state index contributed by atoms with van der Waals surface area (Å²) in [6.07, 6.45) is 16.3. The molecule has 0 bridgehead atoms. The smallest absolute Gasteiger partial charge is 0.0275 e. The molecule has 0 radical (unpaired) electrons. The van der Waals surface area contributed by atoms with Crippen molar-refractivity contribution in [1.29, 1.82) is 0 Å². The molecular weight excluding hydrogens is 216 g/mol. The maximum atomic E-state index is 4.19. The molecule has 0 N–H and O–H groups in total. The standard InChI is InChI=1S/C14H12.C4H8/c1-10-11-6-2-4-8-13(11)14-9-5-3-7-12(10)14;1-4(2)3/h2-8,11H,1,9H2;1H2,2-3H3. The van der Waals surface area contributed by atoms with Crippen LogP contribution in [0.4, 0.5) is 0 Å². The van der Waals surface area contributed by atoms with Crippen molar-refractivity contribution in [2.24, 2.45) is 5.92 Å². The second kappa shape index (κ2) is 5.22. The van der Waals surface area contributed by atoms with Crippen LogP contribution >= 0.6 is 0 Å². The van der Waals surface area contributed by atoms with E-state index in [0.29, 0.717) is 5.92 Å². The summed E-state index contributed by atoms with van der Waals surface area (Å²) in [5.41, 5.74) is 6.72. The molecule has 1 atom stereocenters. The third kappa shape index (κ3) is 2.38. The molecule has 0 spiro atoms. The Morgan fingerprint density at radius 2 is 1.94 bits per heavy atom. The Bertz CT molecular complexity index is 526. The van der Waals surface area contributed by atoms with E-state index >= 15 is 0 Å². The lowest BCUT2D eigenvalue weighted by atomic mass is 9.93. The zero-order valence-electron chi connectivity index (χ0n) is 11.2. The molecule has 18 heavy (non-hydrogen) atoms. The van der Waals surface area contributed by atoms with Crippen LogP contribution < -0.4 is 0 Å². The van der Waals surface area contributed by atoms with Crippen molar-refractivity contribution < 1.29 is 0 Å². The van der Waals surface area contributed by atoms with E-state index in [1.54, 1.807) is 0 Å². The highest BCUT2D eigenvalue weighted by atomic mass is 14.3. The van der Waals surface area contributed by atoms with Crippen LogP contribution in [0.25, 0.3) is 0 Å². The van der Waals surface area contributed by atoms with Gasteiger partial charge in [-0.2, -0.15) is 0 Å². The fraction of sp³-hybridized carbons (Fsp3) is 0.222. The quantitative estimate of drug-likeness (QED) is 0.515. The van der Waals surface area contributed by atoms with Gasteiger partial charge in [0.05, 0.1) is 0 Å². The Hall–Kier alpha value is -1.82. The molecule has 92 valence electrons. The van der Waals surface area contributed by atoms with Gasteiger partial charge in [0, 0.05) is 5.92 Å². The van der Waals surface area contributed by atoms with Crippen LogP contribution in [0, 0.1) is 5.92 Å². The number of rotatable bonds is 0. The first-order valence-electron chi connectivity index (χ1n) is 6.37. The van der Waals surface area contributed by atoms with Gasteiger partial charge in [0.15, 0.2) is 0 Å². The Morgan fingerprint density at radius 3 is 2.67 bits per heavy atom. The molecule has 0 aromatic rings. The first kappa shape index (κ1) is 12.6. The van der Waals surface area contributed by atoms with E-state index in [4.69, 9.17) is 0 Å². The van der Waals surface area contributed by atoms with Crippen LogP contribution in [0.2, 0.25) is 0 Å². The molecule has 0 fully saturated rings. The first-order valence-corrected chi connectivity index (χ1v) is 6.37. The highest BCUT2D eigenvalue weighted by Crippen LogP contribution is 2.45. The Labute approximate surface area is 110 Å². The van der Waals surface area contributed by atoms with E-state index < -0.39 is 0 Å². The molecule has 3 aliphatic rings. The van der Waals surface area contributed by atoms with Gasteiger partial charge in [0.25, 0.3) is 0 Å². The van der Waals surface area contributed by atoms with Gasteiger partial charge in [0.1, 0.15) is 0 Å². The molecule has 0 heteroatoms. The largest absolute Gasteiger partial charge is 0.100 e. The predicted molar refractivity (Wildman–Crippen MR) is 80.3 cm³/mol. The summed E-state index contributed by atoms with van der Waals surface area (Å²) in [5.74, 6) is 0.446. The summed E-state index contributed by atoms with van der Waals surface area (Å²) in [5, 5.41) is 0. The third-order valence-electron chi connectivity index (χ3n) is 3.14. The van der Waals surface area contributed by atoms with E-state index in [1.165, 1.54) is 27.9 Å². The van der Waals surface area contributed by atoms with Crippen molar-refractivity contribution in [3.63, 3.8) is 0 Å². The van der Waals surface area contributed by atoms with E-state index in [2.05, 4.69) is 55.7 Å². The van der Waals surface area contributed by atoms with Crippen LogP contribution in [-0.2, 0) is 0 Å². The van der Waals surface area contributed by atoms with Crippen LogP contribution in [0.15, 0.2) is 83.6 Å². The van der Waals surface area contributed by atoms with Gasteiger partial charge in [-0.15, -0.1) is 6.58 Å². The second-order valence-electron chi connectivity index (χ2n) is 5.10. The highest BCUT2D eigenvalue weighted by molar-refractivity contribution is 5.66. The number of fused-ring (bicyclic) bond motifs is 2. The van der Waals surface area contributed by atoms with Crippen LogP contribution in [0.5, 0.6) is 0 Å². The van der Waals surface area contributed by atoms with Crippen LogP contribution in [0.3, 0.4) is 0 Å². The van der Waals surface area contributed by atoms with Crippen molar-refractivity contribution in [1.82, 2.24) is 0 Å². The number of hydrogen-bond donors (Lipinski definition) is 0. The topological polar surface area (TPSA) is 0 Å². The summed E-state index contributed by atoms with van der Waals surface area (Å²) in [6, 6.07) is 0. The van der Waals surface area contributed by atoms with E-state index in [-0.39, 0.29) is 0 Å². The minimum Gasteiger partial charge on any atom is -0.100 e. The van der Waals surface area contributed by atoms with Crippen molar-refractivity contribution >= 4 is 0 Å². The first-order chi connectivity index (χ1) is 8.61. The average Bonchev–Trinajstić information content (AvgIpc) is 2.64. The van der Waals surface area contributed by atoms with Crippen molar-refractivity contribution in [2.45, 2.75) is 20.3 Å². The molecule has 0 aromatic carbocycles. The van der Waals surface area contributed by atoms with Gasteiger partial charge in [-0.1, -0.05) is 54.7 Å². The van der Waals surface area contributed by atoms with Gasteiger partial charge >= 0.3 is 0 Å².